The van der Waals surface area contributed by atoms with E-state index in [0.29, 0.717) is 6.61 Å². The lowest BCUT2D eigenvalue weighted by Crippen LogP contribution is -2.21. The van der Waals surface area contributed by atoms with E-state index >= 15 is 0 Å². The monoisotopic (exact) mass is 196 g/mol. The fourth-order valence-corrected chi connectivity index (χ4v) is 1.19. The lowest BCUT2D eigenvalue weighted by molar-refractivity contribution is 0.190. The van der Waals surface area contributed by atoms with E-state index in [1.54, 1.807) is 20.4 Å². The van der Waals surface area contributed by atoms with Crippen LogP contribution in [0.5, 0.6) is 5.75 Å². The second kappa shape index (κ2) is 5.44. The van der Waals surface area contributed by atoms with Crippen LogP contribution in [0, 0.1) is 0 Å². The first-order valence-corrected chi connectivity index (χ1v) is 4.52. The molecule has 1 N–H and O–H groups in total. The molecule has 78 valence electrons. The smallest absolute Gasteiger partial charge is 0.169 e. The molecular weight excluding hydrogens is 180 g/mol. The van der Waals surface area contributed by atoms with E-state index in [-0.39, 0.29) is 6.04 Å². The van der Waals surface area contributed by atoms with Gasteiger partial charge in [-0.2, -0.15) is 0 Å². The third kappa shape index (κ3) is 2.88. The number of pyridine rings is 1. The summed E-state index contributed by atoms with van der Waals surface area (Å²) in [6, 6.07) is 3.92. The molecule has 4 nitrogen and oxygen atoms in total. The molecule has 0 bridgehead atoms. The molecule has 1 unspecified atom stereocenters. The van der Waals surface area contributed by atoms with Gasteiger partial charge in [-0.3, -0.25) is 0 Å². The van der Waals surface area contributed by atoms with Crippen molar-refractivity contribution in [1.29, 1.82) is 0 Å². The Bertz CT molecular complexity index is 279. The van der Waals surface area contributed by atoms with Crippen molar-refractivity contribution in [2.45, 2.75) is 13.0 Å². The molecule has 1 aromatic rings. The Morgan fingerprint density at radius 3 is 2.93 bits per heavy atom. The zero-order valence-corrected chi connectivity index (χ0v) is 8.78. The third-order valence-corrected chi connectivity index (χ3v) is 1.79. The van der Waals surface area contributed by atoms with Crippen LogP contribution < -0.4 is 10.1 Å². The highest BCUT2D eigenvalue weighted by molar-refractivity contribution is 5.49. The van der Waals surface area contributed by atoms with Crippen molar-refractivity contribution in [2.75, 3.05) is 26.1 Å². The lowest BCUT2D eigenvalue weighted by atomic mass is 10.3. The van der Waals surface area contributed by atoms with Crippen LogP contribution in [0.4, 0.5) is 5.82 Å². The highest BCUT2D eigenvalue weighted by Crippen LogP contribution is 2.20. The molecule has 0 saturated carbocycles. The normalized spacial score (nSPS) is 12.2. The maximum atomic E-state index is 5.16. The summed E-state index contributed by atoms with van der Waals surface area (Å²) in [6.07, 6.45) is 1.73. The number of ether oxygens (including phenoxy) is 2. The average Bonchev–Trinajstić information content (AvgIpc) is 2.19. The number of rotatable bonds is 5. The molecule has 0 aromatic carbocycles. The fraction of sp³-hybridized carbons (Fsp3) is 0.500. The van der Waals surface area contributed by atoms with Crippen molar-refractivity contribution in [2.24, 2.45) is 0 Å². The van der Waals surface area contributed by atoms with Crippen LogP contribution in [0.3, 0.4) is 0 Å². The van der Waals surface area contributed by atoms with Crippen LogP contribution in [-0.4, -0.2) is 31.9 Å². The second-order valence-corrected chi connectivity index (χ2v) is 3.05. The molecular formula is C10H16N2O2. The van der Waals surface area contributed by atoms with Gasteiger partial charge in [0.05, 0.1) is 13.7 Å². The van der Waals surface area contributed by atoms with Gasteiger partial charge in [0.2, 0.25) is 0 Å². The summed E-state index contributed by atoms with van der Waals surface area (Å²) in [4.78, 5) is 4.18. The fourth-order valence-electron chi connectivity index (χ4n) is 1.19. The summed E-state index contributed by atoms with van der Waals surface area (Å²) in [5, 5.41) is 3.20. The maximum absolute atomic E-state index is 5.16. The van der Waals surface area contributed by atoms with Gasteiger partial charge >= 0.3 is 0 Å². The van der Waals surface area contributed by atoms with Gasteiger partial charge in [0.15, 0.2) is 11.6 Å². The maximum Gasteiger partial charge on any atom is 0.169 e. The average molecular weight is 196 g/mol. The molecule has 1 atom stereocenters. The van der Waals surface area contributed by atoms with Crippen molar-refractivity contribution in [3.05, 3.63) is 18.3 Å². The van der Waals surface area contributed by atoms with E-state index in [1.807, 2.05) is 19.1 Å². The molecule has 0 aliphatic heterocycles. The number of methoxy groups -OCH3 is 2. The molecule has 0 amide bonds. The first-order valence-electron chi connectivity index (χ1n) is 4.52. The molecule has 4 heteroatoms. The van der Waals surface area contributed by atoms with Crippen LogP contribution in [0.1, 0.15) is 6.92 Å². The topological polar surface area (TPSA) is 43.4 Å². The number of hydrogen-bond donors (Lipinski definition) is 1. The molecule has 0 radical (unpaired) electrons. The van der Waals surface area contributed by atoms with Crippen LogP contribution in [0.25, 0.3) is 0 Å². The van der Waals surface area contributed by atoms with Gasteiger partial charge in [-0.15, -0.1) is 0 Å². The van der Waals surface area contributed by atoms with E-state index in [9.17, 15) is 0 Å². The molecule has 0 saturated heterocycles. The quantitative estimate of drug-likeness (QED) is 0.775. The SMILES string of the molecule is COCC(C)Nc1ncccc1OC. The number of aromatic nitrogens is 1. The number of nitrogens with zero attached hydrogens (tertiary/aromatic N) is 1. The van der Waals surface area contributed by atoms with Gasteiger partial charge < -0.3 is 14.8 Å². The highest BCUT2D eigenvalue weighted by Gasteiger charge is 2.06. The minimum Gasteiger partial charge on any atom is -0.493 e. The zero-order chi connectivity index (χ0) is 10.4. The largest absolute Gasteiger partial charge is 0.493 e. The number of anilines is 1. The van der Waals surface area contributed by atoms with Crippen LogP contribution in [-0.2, 0) is 4.74 Å². The van der Waals surface area contributed by atoms with Crippen LogP contribution >= 0.6 is 0 Å². The number of nitrogens with one attached hydrogen (secondary N) is 1. The minimum atomic E-state index is 0.212. The van der Waals surface area contributed by atoms with E-state index in [1.165, 1.54) is 0 Å². The summed E-state index contributed by atoms with van der Waals surface area (Å²) in [5.74, 6) is 1.50. The van der Waals surface area contributed by atoms with Crippen molar-refractivity contribution in [3.63, 3.8) is 0 Å². The standard InChI is InChI=1S/C10H16N2O2/c1-8(7-13-2)12-10-9(14-3)5-4-6-11-10/h4-6,8H,7H2,1-3H3,(H,11,12). The van der Waals surface area contributed by atoms with Crippen molar-refractivity contribution in [3.8, 4) is 5.75 Å². The van der Waals surface area contributed by atoms with Gasteiger partial charge in [0, 0.05) is 19.3 Å². The Kier molecular flexibility index (Phi) is 4.19. The molecule has 1 aromatic heterocycles. The first kappa shape index (κ1) is 10.8. The van der Waals surface area contributed by atoms with Crippen molar-refractivity contribution < 1.29 is 9.47 Å². The number of hydrogen-bond acceptors (Lipinski definition) is 4. The van der Waals surface area contributed by atoms with Gasteiger partial charge in [-0.05, 0) is 19.1 Å². The zero-order valence-electron chi connectivity index (χ0n) is 8.78. The molecule has 0 aliphatic rings. The summed E-state index contributed by atoms with van der Waals surface area (Å²) < 4.78 is 10.2. The summed E-state index contributed by atoms with van der Waals surface area (Å²) in [6.45, 7) is 2.66. The Labute approximate surface area is 84.3 Å². The van der Waals surface area contributed by atoms with E-state index in [2.05, 4.69) is 10.3 Å². The minimum absolute atomic E-state index is 0.212. The predicted octanol–water partition coefficient (Wildman–Crippen LogP) is 1.54. The van der Waals surface area contributed by atoms with Gasteiger partial charge in [0.25, 0.3) is 0 Å². The Balaban J connectivity index is 2.65. The molecule has 0 aliphatic carbocycles. The van der Waals surface area contributed by atoms with E-state index in [4.69, 9.17) is 9.47 Å². The molecule has 1 rings (SSSR count). The van der Waals surface area contributed by atoms with Crippen molar-refractivity contribution >= 4 is 5.82 Å². The second-order valence-electron chi connectivity index (χ2n) is 3.05. The highest BCUT2D eigenvalue weighted by atomic mass is 16.5. The predicted molar refractivity (Wildman–Crippen MR) is 55.7 cm³/mol. The van der Waals surface area contributed by atoms with Gasteiger partial charge in [0.1, 0.15) is 0 Å². The van der Waals surface area contributed by atoms with Crippen molar-refractivity contribution in [1.82, 2.24) is 4.98 Å². The summed E-state index contributed by atoms with van der Waals surface area (Å²) >= 11 is 0. The first-order chi connectivity index (χ1) is 6.77. The van der Waals surface area contributed by atoms with E-state index in [0.717, 1.165) is 11.6 Å². The molecule has 1 heterocycles. The molecule has 0 fully saturated rings. The molecule has 14 heavy (non-hydrogen) atoms. The van der Waals surface area contributed by atoms with Gasteiger partial charge in [-0.1, -0.05) is 0 Å². The molecule has 0 spiro atoms. The van der Waals surface area contributed by atoms with E-state index < -0.39 is 0 Å². The summed E-state index contributed by atoms with van der Waals surface area (Å²) in [5.41, 5.74) is 0. The van der Waals surface area contributed by atoms with Crippen LogP contribution in [0.15, 0.2) is 18.3 Å². The Morgan fingerprint density at radius 1 is 1.50 bits per heavy atom. The van der Waals surface area contributed by atoms with Gasteiger partial charge in [-0.25, -0.2) is 4.98 Å². The Hall–Kier alpha value is -1.29. The van der Waals surface area contributed by atoms with Crippen LogP contribution in [0.2, 0.25) is 0 Å². The Morgan fingerprint density at radius 2 is 2.29 bits per heavy atom. The third-order valence-electron chi connectivity index (χ3n) is 1.79. The summed E-state index contributed by atoms with van der Waals surface area (Å²) in [7, 11) is 3.30. The lowest BCUT2D eigenvalue weighted by Gasteiger charge is -2.15.